The zero-order valence-electron chi connectivity index (χ0n) is 8.92. The van der Waals surface area contributed by atoms with Gasteiger partial charge in [0.15, 0.2) is 0 Å². The van der Waals surface area contributed by atoms with Crippen LogP contribution in [0.15, 0.2) is 0 Å². The van der Waals surface area contributed by atoms with Crippen molar-refractivity contribution in [1.29, 1.82) is 0 Å². The standard InChI is InChI=1S/C11H19NO2/c1-10(13)7-9-12-8-5-3-2-4-6-11(12)14/h2-9H2,1H3. The summed E-state index contributed by atoms with van der Waals surface area (Å²) in [7, 11) is 0. The first-order valence-corrected chi connectivity index (χ1v) is 5.47. The maximum Gasteiger partial charge on any atom is 0.222 e. The number of hydrogen-bond acceptors (Lipinski definition) is 2. The number of carbonyl (C=O) groups excluding carboxylic acids is 2. The van der Waals surface area contributed by atoms with E-state index in [9.17, 15) is 9.59 Å². The number of carbonyl (C=O) groups is 2. The minimum absolute atomic E-state index is 0.167. The zero-order chi connectivity index (χ0) is 10.4. The van der Waals surface area contributed by atoms with E-state index in [1.54, 1.807) is 6.92 Å². The van der Waals surface area contributed by atoms with Crippen molar-refractivity contribution >= 4 is 11.7 Å². The maximum absolute atomic E-state index is 11.6. The zero-order valence-corrected chi connectivity index (χ0v) is 8.92. The van der Waals surface area contributed by atoms with Gasteiger partial charge in [0.1, 0.15) is 5.78 Å². The van der Waals surface area contributed by atoms with Crippen molar-refractivity contribution in [3.8, 4) is 0 Å². The minimum atomic E-state index is 0.167. The summed E-state index contributed by atoms with van der Waals surface area (Å²) in [4.78, 5) is 24.3. The van der Waals surface area contributed by atoms with Gasteiger partial charge in [-0.15, -0.1) is 0 Å². The first kappa shape index (κ1) is 11.2. The molecule has 80 valence electrons. The number of amides is 1. The van der Waals surface area contributed by atoms with E-state index in [-0.39, 0.29) is 11.7 Å². The first-order chi connectivity index (χ1) is 6.70. The molecule has 1 fully saturated rings. The van der Waals surface area contributed by atoms with Crippen LogP contribution in [0.3, 0.4) is 0 Å². The molecule has 0 N–H and O–H groups in total. The Kier molecular flexibility index (Phi) is 4.63. The summed E-state index contributed by atoms with van der Waals surface area (Å²) >= 11 is 0. The number of ketones is 1. The molecule has 14 heavy (non-hydrogen) atoms. The van der Waals surface area contributed by atoms with Gasteiger partial charge in [0.05, 0.1) is 0 Å². The molecule has 1 rings (SSSR count). The summed E-state index contributed by atoms with van der Waals surface area (Å²) in [5, 5.41) is 0. The number of likely N-dealkylation sites (tertiary alicyclic amines) is 1. The van der Waals surface area contributed by atoms with Crippen molar-refractivity contribution < 1.29 is 9.59 Å². The number of rotatable bonds is 3. The fourth-order valence-corrected chi connectivity index (χ4v) is 1.74. The van der Waals surface area contributed by atoms with E-state index < -0.39 is 0 Å². The van der Waals surface area contributed by atoms with Gasteiger partial charge in [-0.3, -0.25) is 9.59 Å². The van der Waals surface area contributed by atoms with E-state index in [1.807, 2.05) is 4.90 Å². The van der Waals surface area contributed by atoms with Gasteiger partial charge in [0.25, 0.3) is 0 Å². The van der Waals surface area contributed by atoms with Crippen LogP contribution in [-0.4, -0.2) is 29.7 Å². The molecule has 0 aromatic heterocycles. The highest BCUT2D eigenvalue weighted by Crippen LogP contribution is 2.11. The van der Waals surface area contributed by atoms with E-state index in [0.717, 1.165) is 19.4 Å². The number of hydrogen-bond donors (Lipinski definition) is 0. The van der Waals surface area contributed by atoms with Gasteiger partial charge < -0.3 is 4.90 Å². The second-order valence-corrected chi connectivity index (χ2v) is 4.00. The van der Waals surface area contributed by atoms with Crippen LogP contribution in [0.5, 0.6) is 0 Å². The van der Waals surface area contributed by atoms with Crippen molar-refractivity contribution in [2.24, 2.45) is 0 Å². The van der Waals surface area contributed by atoms with Gasteiger partial charge in [-0.05, 0) is 19.8 Å². The smallest absolute Gasteiger partial charge is 0.222 e. The highest BCUT2D eigenvalue weighted by atomic mass is 16.2. The van der Waals surface area contributed by atoms with Gasteiger partial charge in [-0.1, -0.05) is 12.8 Å². The van der Waals surface area contributed by atoms with Crippen LogP contribution >= 0.6 is 0 Å². The molecule has 0 saturated carbocycles. The van der Waals surface area contributed by atoms with Crippen LogP contribution in [0.4, 0.5) is 0 Å². The molecule has 0 aromatic rings. The third kappa shape index (κ3) is 3.90. The Labute approximate surface area is 85.5 Å². The normalized spacial score (nSPS) is 18.9. The highest BCUT2D eigenvalue weighted by molar-refractivity contribution is 5.78. The lowest BCUT2D eigenvalue weighted by Gasteiger charge is -2.24. The Hall–Kier alpha value is -0.860. The molecule has 0 radical (unpaired) electrons. The van der Waals surface area contributed by atoms with Crippen LogP contribution in [0.25, 0.3) is 0 Å². The molecule has 1 heterocycles. The lowest BCUT2D eigenvalue weighted by atomic mass is 10.1. The molecule has 1 amide bonds. The van der Waals surface area contributed by atoms with Crippen LogP contribution in [0, 0.1) is 0 Å². The summed E-state index contributed by atoms with van der Waals surface area (Å²) in [6.07, 6.45) is 5.65. The first-order valence-electron chi connectivity index (χ1n) is 5.47. The highest BCUT2D eigenvalue weighted by Gasteiger charge is 2.15. The van der Waals surface area contributed by atoms with Crippen molar-refractivity contribution in [3.05, 3.63) is 0 Å². The molecule has 1 saturated heterocycles. The molecule has 0 atom stereocenters. The fourth-order valence-electron chi connectivity index (χ4n) is 1.74. The monoisotopic (exact) mass is 197 g/mol. The molecular weight excluding hydrogens is 178 g/mol. The van der Waals surface area contributed by atoms with E-state index >= 15 is 0 Å². The lowest BCUT2D eigenvalue weighted by molar-refractivity contribution is -0.132. The predicted molar refractivity (Wildman–Crippen MR) is 55.0 cm³/mol. The summed E-state index contributed by atoms with van der Waals surface area (Å²) in [5.74, 6) is 0.394. The molecule has 3 nitrogen and oxygen atoms in total. The van der Waals surface area contributed by atoms with Gasteiger partial charge in [0, 0.05) is 25.9 Å². The summed E-state index contributed by atoms with van der Waals surface area (Å²) < 4.78 is 0. The van der Waals surface area contributed by atoms with Gasteiger partial charge in [-0.25, -0.2) is 0 Å². The minimum Gasteiger partial charge on any atom is -0.342 e. The molecule has 0 aliphatic carbocycles. The molecule has 0 unspecified atom stereocenters. The van der Waals surface area contributed by atoms with Gasteiger partial charge in [-0.2, -0.15) is 0 Å². The average Bonchev–Trinajstić information content (AvgIpc) is 2.10. The second-order valence-electron chi connectivity index (χ2n) is 4.00. The third-order valence-electron chi connectivity index (χ3n) is 2.66. The molecule has 3 heteroatoms. The molecule has 0 bridgehead atoms. The van der Waals surface area contributed by atoms with Crippen molar-refractivity contribution in [3.63, 3.8) is 0 Å². The van der Waals surface area contributed by atoms with E-state index in [1.165, 1.54) is 12.8 Å². The molecule has 1 aliphatic rings. The molecular formula is C11H19NO2. The molecule has 1 aliphatic heterocycles. The molecule has 0 spiro atoms. The fraction of sp³-hybridized carbons (Fsp3) is 0.818. The lowest BCUT2D eigenvalue weighted by Crippen LogP contribution is -2.34. The van der Waals surface area contributed by atoms with Crippen LogP contribution in [0.2, 0.25) is 0 Å². The van der Waals surface area contributed by atoms with Crippen LogP contribution in [-0.2, 0) is 9.59 Å². The SMILES string of the molecule is CC(=O)CCN1CCCCCCC1=O. The average molecular weight is 197 g/mol. The van der Waals surface area contributed by atoms with E-state index in [4.69, 9.17) is 0 Å². The number of Topliss-reactive ketones (excluding diaryl/α,β-unsaturated/α-hetero) is 1. The summed E-state index contributed by atoms with van der Waals surface area (Å²) in [6.45, 7) is 3.04. The summed E-state index contributed by atoms with van der Waals surface area (Å²) in [6, 6.07) is 0. The van der Waals surface area contributed by atoms with Crippen LogP contribution in [0.1, 0.15) is 45.4 Å². The topological polar surface area (TPSA) is 37.4 Å². The van der Waals surface area contributed by atoms with Crippen molar-refractivity contribution in [2.75, 3.05) is 13.1 Å². The Morgan fingerprint density at radius 1 is 1.29 bits per heavy atom. The maximum atomic E-state index is 11.6. The third-order valence-corrected chi connectivity index (χ3v) is 2.66. The summed E-state index contributed by atoms with van der Waals surface area (Å²) in [5.41, 5.74) is 0. The van der Waals surface area contributed by atoms with Gasteiger partial charge in [0.2, 0.25) is 5.91 Å². The Bertz CT molecular complexity index is 213. The Morgan fingerprint density at radius 3 is 2.71 bits per heavy atom. The van der Waals surface area contributed by atoms with Crippen molar-refractivity contribution in [1.82, 2.24) is 4.90 Å². The van der Waals surface area contributed by atoms with Crippen LogP contribution < -0.4 is 0 Å². The van der Waals surface area contributed by atoms with E-state index in [2.05, 4.69) is 0 Å². The number of nitrogens with zero attached hydrogens (tertiary/aromatic N) is 1. The van der Waals surface area contributed by atoms with Crippen molar-refractivity contribution in [2.45, 2.75) is 45.4 Å². The quantitative estimate of drug-likeness (QED) is 0.691. The Balaban J connectivity index is 2.37. The van der Waals surface area contributed by atoms with Gasteiger partial charge >= 0.3 is 0 Å². The largest absolute Gasteiger partial charge is 0.342 e. The molecule has 0 aromatic carbocycles. The Morgan fingerprint density at radius 2 is 2.00 bits per heavy atom. The van der Waals surface area contributed by atoms with E-state index in [0.29, 0.717) is 19.4 Å². The second kappa shape index (κ2) is 5.78. The predicted octanol–water partition coefficient (Wildman–Crippen LogP) is 1.76.